The monoisotopic (exact) mass is 521 g/mol. The number of piperidine rings is 1. The lowest BCUT2D eigenvalue weighted by Crippen LogP contribution is -2.62. The van der Waals surface area contributed by atoms with Gasteiger partial charge in [0, 0.05) is 38.3 Å². The summed E-state index contributed by atoms with van der Waals surface area (Å²) in [7, 11) is 0. The summed E-state index contributed by atoms with van der Waals surface area (Å²) in [5, 5.41) is 3.57. The first kappa shape index (κ1) is 25.4. The first-order valence-electron chi connectivity index (χ1n) is 14.0. The Bertz CT molecular complexity index is 1160. The van der Waals surface area contributed by atoms with E-state index in [4.69, 9.17) is 14.2 Å². The number of hydrogen-bond acceptors (Lipinski definition) is 8. The molecule has 2 aromatic rings. The summed E-state index contributed by atoms with van der Waals surface area (Å²) < 4.78 is 17.3. The second-order valence-electron chi connectivity index (χ2n) is 12.0. The number of nitrogens with one attached hydrogen (secondary N) is 1. The molecule has 4 aliphatic heterocycles. The Labute approximate surface area is 224 Å². The maximum Gasteiger partial charge on any atom is 0.410 e. The van der Waals surface area contributed by atoms with Gasteiger partial charge >= 0.3 is 6.09 Å². The van der Waals surface area contributed by atoms with Crippen LogP contribution in [0.5, 0.6) is 5.75 Å². The molecular formula is C29H39N5O4. The fourth-order valence-electron chi connectivity index (χ4n) is 6.06. The lowest BCUT2D eigenvalue weighted by Gasteiger charge is -2.47. The van der Waals surface area contributed by atoms with Crippen LogP contribution in [0, 0.1) is 0 Å². The largest absolute Gasteiger partial charge is 0.487 e. The zero-order valence-corrected chi connectivity index (χ0v) is 22.7. The van der Waals surface area contributed by atoms with Gasteiger partial charge in [-0.15, -0.1) is 0 Å². The minimum atomic E-state index is -0.448. The number of nitrogens with zero attached hydrogens (tertiary/aromatic N) is 4. The zero-order valence-electron chi connectivity index (χ0n) is 22.7. The molecule has 0 aliphatic carbocycles. The Balaban J connectivity index is 1.08. The molecule has 3 fully saturated rings. The molecule has 0 atom stereocenters. The number of rotatable bonds is 3. The standard InChI is InChI=1S/C29H39N5O4/c1-29(2,3)38-28(35)34-15-22(16-34)33-10-6-19(7-11-33)21-4-5-25-24(14-21)32-27-23(17-37-25)26(30-18-31-27)20-8-12-36-13-9-20/h4-5,14,18-20,22H,6-13,15-17H2,1-3H3,(H,30,31,32). The van der Waals surface area contributed by atoms with Crippen LogP contribution in [0.2, 0.25) is 0 Å². The summed E-state index contributed by atoms with van der Waals surface area (Å²) in [5.41, 5.74) is 4.02. The van der Waals surface area contributed by atoms with Crippen LogP contribution >= 0.6 is 0 Å². The van der Waals surface area contributed by atoms with E-state index in [1.54, 1.807) is 6.33 Å². The summed E-state index contributed by atoms with van der Waals surface area (Å²) in [5.74, 6) is 2.61. The molecule has 0 unspecified atom stereocenters. The SMILES string of the molecule is CC(C)(C)OC(=O)N1CC(N2CCC(c3ccc4c(c3)Nc3ncnc(C5CCOCC5)c3CO4)CC2)C1. The molecule has 1 N–H and O–H groups in total. The van der Waals surface area contributed by atoms with Gasteiger partial charge in [-0.2, -0.15) is 0 Å². The van der Waals surface area contributed by atoms with Gasteiger partial charge in [0.05, 0.1) is 16.9 Å². The molecule has 3 saturated heterocycles. The number of carbonyl (C=O) groups is 1. The molecule has 5 heterocycles. The predicted octanol–water partition coefficient (Wildman–Crippen LogP) is 4.81. The Hall–Kier alpha value is -2.91. The van der Waals surface area contributed by atoms with E-state index in [9.17, 15) is 4.79 Å². The fraction of sp³-hybridized carbons (Fsp3) is 0.621. The number of aromatic nitrogens is 2. The van der Waals surface area contributed by atoms with Crippen molar-refractivity contribution in [3.63, 3.8) is 0 Å². The number of ether oxygens (including phenoxy) is 3. The van der Waals surface area contributed by atoms with Crippen molar-refractivity contribution < 1.29 is 19.0 Å². The van der Waals surface area contributed by atoms with Crippen molar-refractivity contribution in [2.24, 2.45) is 0 Å². The molecule has 4 aliphatic rings. The highest BCUT2D eigenvalue weighted by Crippen LogP contribution is 2.40. The van der Waals surface area contributed by atoms with Gasteiger partial charge in [-0.05, 0) is 83.2 Å². The number of likely N-dealkylation sites (tertiary alicyclic amines) is 2. The van der Waals surface area contributed by atoms with Crippen molar-refractivity contribution in [3.8, 4) is 5.75 Å². The zero-order chi connectivity index (χ0) is 26.3. The third-order valence-electron chi connectivity index (χ3n) is 8.25. The molecular weight excluding hydrogens is 482 g/mol. The lowest BCUT2D eigenvalue weighted by atomic mass is 9.88. The maximum atomic E-state index is 12.3. The van der Waals surface area contributed by atoms with Gasteiger partial charge in [-0.1, -0.05) is 6.07 Å². The number of hydrogen-bond donors (Lipinski definition) is 1. The number of fused-ring (bicyclic) bond motifs is 2. The number of carbonyl (C=O) groups excluding carboxylic acids is 1. The Kier molecular flexibility index (Phi) is 6.90. The summed E-state index contributed by atoms with van der Waals surface area (Å²) in [6.07, 6.45) is 5.66. The van der Waals surface area contributed by atoms with Gasteiger partial charge < -0.3 is 24.4 Å². The van der Waals surface area contributed by atoms with Gasteiger partial charge in [-0.3, -0.25) is 4.90 Å². The first-order valence-corrected chi connectivity index (χ1v) is 14.0. The lowest BCUT2D eigenvalue weighted by molar-refractivity contribution is -0.0196. The Morgan fingerprint density at radius 2 is 1.82 bits per heavy atom. The third-order valence-corrected chi connectivity index (χ3v) is 8.25. The molecule has 1 amide bonds. The van der Waals surface area contributed by atoms with Gasteiger partial charge in [0.15, 0.2) is 0 Å². The van der Waals surface area contributed by atoms with Crippen molar-refractivity contribution >= 4 is 17.6 Å². The van der Waals surface area contributed by atoms with Crippen LogP contribution in [0.1, 0.15) is 75.1 Å². The highest BCUT2D eigenvalue weighted by atomic mass is 16.6. The number of amides is 1. The molecule has 0 spiro atoms. The van der Waals surface area contributed by atoms with Crippen molar-refractivity contribution in [2.45, 2.75) is 76.5 Å². The highest BCUT2D eigenvalue weighted by Gasteiger charge is 2.38. The average Bonchev–Trinajstić information content (AvgIpc) is 3.06. The summed E-state index contributed by atoms with van der Waals surface area (Å²) in [6.45, 7) is 11.4. The quantitative estimate of drug-likeness (QED) is 0.616. The second-order valence-corrected chi connectivity index (χ2v) is 12.0. The van der Waals surface area contributed by atoms with Crippen LogP contribution in [-0.4, -0.2) is 76.9 Å². The van der Waals surface area contributed by atoms with Crippen molar-refractivity contribution in [1.82, 2.24) is 19.8 Å². The van der Waals surface area contributed by atoms with E-state index in [-0.39, 0.29) is 6.09 Å². The fourth-order valence-corrected chi connectivity index (χ4v) is 6.06. The number of benzene rings is 1. The van der Waals surface area contributed by atoms with E-state index in [0.29, 0.717) is 24.5 Å². The predicted molar refractivity (Wildman–Crippen MR) is 144 cm³/mol. The van der Waals surface area contributed by atoms with Crippen LogP contribution in [0.3, 0.4) is 0 Å². The Morgan fingerprint density at radius 3 is 2.55 bits per heavy atom. The molecule has 0 radical (unpaired) electrons. The highest BCUT2D eigenvalue weighted by molar-refractivity contribution is 5.70. The molecule has 1 aromatic carbocycles. The van der Waals surface area contributed by atoms with Crippen molar-refractivity contribution in [3.05, 3.63) is 41.3 Å². The van der Waals surface area contributed by atoms with Crippen LogP contribution in [0.25, 0.3) is 0 Å². The van der Waals surface area contributed by atoms with E-state index in [0.717, 1.165) is 93.6 Å². The molecule has 0 bridgehead atoms. The van der Waals surface area contributed by atoms with E-state index in [2.05, 4.69) is 38.4 Å². The molecule has 9 nitrogen and oxygen atoms in total. The molecule has 204 valence electrons. The Morgan fingerprint density at radius 1 is 1.05 bits per heavy atom. The minimum Gasteiger partial charge on any atom is -0.487 e. The topological polar surface area (TPSA) is 89.1 Å². The third kappa shape index (κ3) is 5.31. The molecule has 0 saturated carbocycles. The summed E-state index contributed by atoms with van der Waals surface area (Å²) in [6, 6.07) is 7.00. The minimum absolute atomic E-state index is 0.199. The summed E-state index contributed by atoms with van der Waals surface area (Å²) >= 11 is 0. The molecule has 38 heavy (non-hydrogen) atoms. The summed E-state index contributed by atoms with van der Waals surface area (Å²) in [4.78, 5) is 25.9. The average molecular weight is 522 g/mol. The maximum absolute atomic E-state index is 12.3. The van der Waals surface area contributed by atoms with Crippen LogP contribution in [0.15, 0.2) is 24.5 Å². The number of anilines is 2. The van der Waals surface area contributed by atoms with Crippen LogP contribution in [0.4, 0.5) is 16.3 Å². The van der Waals surface area contributed by atoms with Crippen LogP contribution < -0.4 is 10.1 Å². The normalized spacial score (nSPS) is 21.4. The van der Waals surface area contributed by atoms with E-state index in [1.165, 1.54) is 5.56 Å². The first-order chi connectivity index (χ1) is 18.3. The molecule has 9 heteroatoms. The van der Waals surface area contributed by atoms with E-state index < -0.39 is 5.60 Å². The molecule has 6 rings (SSSR count). The molecule has 1 aromatic heterocycles. The van der Waals surface area contributed by atoms with E-state index in [1.807, 2.05) is 25.7 Å². The van der Waals surface area contributed by atoms with Gasteiger partial charge in [0.1, 0.15) is 30.1 Å². The second kappa shape index (κ2) is 10.3. The van der Waals surface area contributed by atoms with Crippen molar-refractivity contribution in [2.75, 3.05) is 44.7 Å². The van der Waals surface area contributed by atoms with Crippen LogP contribution in [-0.2, 0) is 16.1 Å². The van der Waals surface area contributed by atoms with Gasteiger partial charge in [0.2, 0.25) is 0 Å². The van der Waals surface area contributed by atoms with E-state index >= 15 is 0 Å². The smallest absolute Gasteiger partial charge is 0.410 e. The van der Waals surface area contributed by atoms with Gasteiger partial charge in [-0.25, -0.2) is 14.8 Å². The van der Waals surface area contributed by atoms with Crippen molar-refractivity contribution in [1.29, 1.82) is 0 Å². The van der Waals surface area contributed by atoms with Gasteiger partial charge in [0.25, 0.3) is 0 Å².